The van der Waals surface area contributed by atoms with E-state index < -0.39 is 12.0 Å². The van der Waals surface area contributed by atoms with Gasteiger partial charge in [-0.3, -0.25) is 9.59 Å². The van der Waals surface area contributed by atoms with Crippen LogP contribution >= 0.6 is 0 Å². The quantitative estimate of drug-likeness (QED) is 0.645. The first kappa shape index (κ1) is 16.4. The number of aromatic nitrogens is 4. The van der Waals surface area contributed by atoms with Gasteiger partial charge in [-0.05, 0) is 29.0 Å². The molecule has 1 heterocycles. The number of hydrogen-bond donors (Lipinski definition) is 3. The average molecular weight is 318 g/mol. The Hall–Kier alpha value is -2.97. The van der Waals surface area contributed by atoms with Crippen LogP contribution in [0.5, 0.6) is 0 Å². The van der Waals surface area contributed by atoms with Crippen molar-refractivity contribution < 1.29 is 14.7 Å². The number of anilines is 1. The van der Waals surface area contributed by atoms with Crippen LogP contribution in [0.25, 0.3) is 5.69 Å². The van der Waals surface area contributed by atoms with E-state index in [1.165, 1.54) is 4.68 Å². The second-order valence-electron chi connectivity index (χ2n) is 4.79. The van der Waals surface area contributed by atoms with Crippen LogP contribution in [0.15, 0.2) is 30.3 Å². The fourth-order valence-electron chi connectivity index (χ4n) is 1.94. The molecule has 0 bridgehead atoms. The lowest BCUT2D eigenvalue weighted by molar-refractivity contribution is -0.136. The van der Waals surface area contributed by atoms with E-state index in [9.17, 15) is 9.59 Å². The molecule has 2 rings (SSSR count). The first-order chi connectivity index (χ1) is 11.1. The third-order valence-corrected chi connectivity index (χ3v) is 3.14. The Balaban J connectivity index is 2.04. The van der Waals surface area contributed by atoms with E-state index in [0.717, 1.165) is 5.69 Å². The molecule has 0 aliphatic rings. The molecule has 0 aliphatic heterocycles. The fraction of sp³-hybridized carbons (Fsp3) is 0.357. The van der Waals surface area contributed by atoms with Gasteiger partial charge in [0.05, 0.1) is 12.1 Å². The monoisotopic (exact) mass is 318 g/mol. The van der Waals surface area contributed by atoms with E-state index >= 15 is 0 Å². The van der Waals surface area contributed by atoms with E-state index in [1.807, 2.05) is 37.3 Å². The van der Waals surface area contributed by atoms with Gasteiger partial charge in [0.1, 0.15) is 6.04 Å². The molecule has 1 amide bonds. The van der Waals surface area contributed by atoms with Crippen molar-refractivity contribution in [3.8, 4) is 5.69 Å². The molecule has 3 N–H and O–H groups in total. The van der Waals surface area contributed by atoms with Gasteiger partial charge in [0.25, 0.3) is 0 Å². The van der Waals surface area contributed by atoms with Crippen LogP contribution in [-0.4, -0.2) is 49.8 Å². The van der Waals surface area contributed by atoms with Crippen LogP contribution in [0.2, 0.25) is 0 Å². The number of carboxylic acid groups (broad SMARTS) is 1. The van der Waals surface area contributed by atoms with Crippen molar-refractivity contribution in [2.75, 3.05) is 11.9 Å². The summed E-state index contributed by atoms with van der Waals surface area (Å²) in [5.74, 6) is -0.910. The van der Waals surface area contributed by atoms with Gasteiger partial charge in [-0.2, -0.15) is 4.68 Å². The van der Waals surface area contributed by atoms with E-state index in [4.69, 9.17) is 5.11 Å². The molecule has 0 saturated carbocycles. The molecule has 0 fully saturated rings. The highest BCUT2D eigenvalue weighted by molar-refractivity contribution is 5.84. The van der Waals surface area contributed by atoms with Gasteiger partial charge in [-0.25, -0.2) is 0 Å². The predicted molar refractivity (Wildman–Crippen MR) is 82.1 cm³/mol. The molecular weight excluding hydrogens is 300 g/mol. The van der Waals surface area contributed by atoms with Crippen LogP contribution in [0.4, 0.5) is 5.95 Å². The fourth-order valence-corrected chi connectivity index (χ4v) is 1.94. The van der Waals surface area contributed by atoms with Crippen LogP contribution in [0, 0.1) is 0 Å². The summed E-state index contributed by atoms with van der Waals surface area (Å²) in [5.41, 5.74) is 0.765. The first-order valence-corrected chi connectivity index (χ1v) is 7.21. The van der Waals surface area contributed by atoms with Crippen LogP contribution in [0.1, 0.15) is 19.8 Å². The van der Waals surface area contributed by atoms with Gasteiger partial charge in [0.2, 0.25) is 11.9 Å². The zero-order chi connectivity index (χ0) is 16.7. The lowest BCUT2D eigenvalue weighted by Gasteiger charge is -2.16. The van der Waals surface area contributed by atoms with E-state index in [1.54, 1.807) is 0 Å². The van der Waals surface area contributed by atoms with Crippen molar-refractivity contribution in [1.29, 1.82) is 0 Å². The number of nitrogens with one attached hydrogen (secondary N) is 2. The average Bonchev–Trinajstić information content (AvgIpc) is 3.01. The van der Waals surface area contributed by atoms with Gasteiger partial charge >= 0.3 is 5.97 Å². The third kappa shape index (κ3) is 4.50. The Morgan fingerprint density at radius 2 is 2.04 bits per heavy atom. The number of nitrogens with zero attached hydrogens (tertiary/aromatic N) is 4. The summed E-state index contributed by atoms with van der Waals surface area (Å²) >= 11 is 0. The molecule has 2 aromatic rings. The maximum absolute atomic E-state index is 12.1. The molecule has 1 unspecified atom stereocenters. The SMILES string of the molecule is CCC(Nc1nnnn1-c1ccccc1)C(=O)NCCC(=O)O. The highest BCUT2D eigenvalue weighted by Crippen LogP contribution is 2.12. The van der Waals surface area contributed by atoms with Crippen molar-refractivity contribution in [3.63, 3.8) is 0 Å². The summed E-state index contributed by atoms with van der Waals surface area (Å²) in [7, 11) is 0. The summed E-state index contributed by atoms with van der Waals surface area (Å²) in [5, 5.41) is 25.6. The lowest BCUT2D eigenvalue weighted by atomic mass is 10.2. The van der Waals surface area contributed by atoms with Gasteiger partial charge < -0.3 is 15.7 Å². The predicted octanol–water partition coefficient (Wildman–Crippen LogP) is 0.444. The Morgan fingerprint density at radius 3 is 2.70 bits per heavy atom. The summed E-state index contributed by atoms with van der Waals surface area (Å²) in [4.78, 5) is 22.6. The van der Waals surface area contributed by atoms with Crippen LogP contribution < -0.4 is 10.6 Å². The molecule has 1 aromatic carbocycles. The minimum Gasteiger partial charge on any atom is -0.481 e. The Bertz CT molecular complexity index is 658. The first-order valence-electron chi connectivity index (χ1n) is 7.21. The number of carbonyl (C=O) groups is 2. The maximum Gasteiger partial charge on any atom is 0.305 e. The largest absolute Gasteiger partial charge is 0.481 e. The third-order valence-electron chi connectivity index (χ3n) is 3.14. The normalized spacial score (nSPS) is 11.7. The van der Waals surface area contributed by atoms with Crippen molar-refractivity contribution in [2.45, 2.75) is 25.8 Å². The Morgan fingerprint density at radius 1 is 1.30 bits per heavy atom. The molecule has 0 saturated heterocycles. The van der Waals surface area contributed by atoms with Gasteiger partial charge in [-0.15, -0.1) is 0 Å². The molecule has 122 valence electrons. The number of benzene rings is 1. The van der Waals surface area contributed by atoms with Crippen molar-refractivity contribution in [1.82, 2.24) is 25.5 Å². The zero-order valence-electron chi connectivity index (χ0n) is 12.6. The standard InChI is InChI=1S/C14H18N6O3/c1-2-11(13(23)15-9-8-12(21)22)16-14-17-18-19-20(14)10-6-4-3-5-7-10/h3-7,11H,2,8-9H2,1H3,(H,15,23)(H,21,22)(H,16,17,19). The highest BCUT2D eigenvalue weighted by atomic mass is 16.4. The molecule has 0 radical (unpaired) electrons. The van der Waals surface area contributed by atoms with Crippen LogP contribution in [0.3, 0.4) is 0 Å². The van der Waals surface area contributed by atoms with Gasteiger partial charge in [0, 0.05) is 6.54 Å². The number of hydrogen-bond acceptors (Lipinski definition) is 6. The van der Waals surface area contributed by atoms with Crippen molar-refractivity contribution in [2.24, 2.45) is 0 Å². The number of amides is 1. The number of tetrazole rings is 1. The maximum atomic E-state index is 12.1. The zero-order valence-corrected chi connectivity index (χ0v) is 12.6. The van der Waals surface area contributed by atoms with E-state index in [2.05, 4.69) is 26.2 Å². The smallest absolute Gasteiger partial charge is 0.305 e. The molecule has 1 aromatic heterocycles. The highest BCUT2D eigenvalue weighted by Gasteiger charge is 2.19. The second kappa shape index (κ2) is 7.87. The topological polar surface area (TPSA) is 122 Å². The Kier molecular flexibility index (Phi) is 5.61. The number of aliphatic carboxylic acids is 1. The number of carboxylic acids is 1. The molecule has 1 atom stereocenters. The molecule has 9 nitrogen and oxygen atoms in total. The van der Waals surface area contributed by atoms with Crippen molar-refractivity contribution >= 4 is 17.8 Å². The summed E-state index contributed by atoms with van der Waals surface area (Å²) in [6.07, 6.45) is 0.379. The molecular formula is C14H18N6O3. The molecule has 9 heteroatoms. The van der Waals surface area contributed by atoms with Gasteiger partial charge in [0.15, 0.2) is 0 Å². The molecule has 23 heavy (non-hydrogen) atoms. The lowest BCUT2D eigenvalue weighted by Crippen LogP contribution is -2.40. The van der Waals surface area contributed by atoms with Crippen molar-refractivity contribution in [3.05, 3.63) is 30.3 Å². The van der Waals surface area contributed by atoms with Crippen LogP contribution in [-0.2, 0) is 9.59 Å². The summed E-state index contributed by atoms with van der Waals surface area (Å²) in [6.45, 7) is 1.92. The Labute approximate surface area is 132 Å². The molecule has 0 aliphatic carbocycles. The number of para-hydroxylation sites is 1. The minimum atomic E-state index is -0.959. The summed E-state index contributed by atoms with van der Waals surface area (Å²) < 4.78 is 1.49. The molecule has 0 spiro atoms. The number of rotatable bonds is 8. The van der Waals surface area contributed by atoms with E-state index in [0.29, 0.717) is 12.4 Å². The minimum absolute atomic E-state index is 0.0793. The van der Waals surface area contributed by atoms with Gasteiger partial charge in [-0.1, -0.05) is 30.2 Å². The van der Waals surface area contributed by atoms with E-state index in [-0.39, 0.29) is 18.9 Å². The second-order valence-corrected chi connectivity index (χ2v) is 4.79. The summed E-state index contributed by atoms with van der Waals surface area (Å²) in [6, 6.07) is 8.72. The number of carbonyl (C=O) groups excluding carboxylic acids is 1.